The fraction of sp³-hybridized carbons (Fsp3) is 0.355. The number of aryl methyl sites for hydroxylation is 1. The van der Waals surface area contributed by atoms with Crippen molar-refractivity contribution in [2.45, 2.75) is 52.2 Å². The monoisotopic (exact) mass is 564 g/mol. The summed E-state index contributed by atoms with van der Waals surface area (Å²) in [7, 11) is -1.16. The second-order valence-corrected chi connectivity index (χ2v) is 13.1. The van der Waals surface area contributed by atoms with Gasteiger partial charge in [-0.2, -0.15) is 12.7 Å². The number of benzene rings is 3. The predicted molar refractivity (Wildman–Crippen MR) is 160 cm³/mol. The maximum absolute atomic E-state index is 14.2. The Hall–Kier alpha value is -3.69. The molecule has 0 fully saturated rings. The molecule has 40 heavy (non-hydrogen) atoms. The molecule has 0 saturated heterocycles. The molecule has 0 aromatic heterocycles. The van der Waals surface area contributed by atoms with Crippen LogP contribution in [0.4, 0.5) is 5.69 Å². The van der Waals surface area contributed by atoms with Crippen molar-refractivity contribution in [3.63, 3.8) is 0 Å². The number of carbonyl (C=O) groups is 2. The highest BCUT2D eigenvalue weighted by atomic mass is 32.2. The number of nitrogens with one attached hydrogen (secondary N) is 1. The molecule has 0 radical (unpaired) electrons. The molecule has 1 atom stereocenters. The maximum atomic E-state index is 14.2. The van der Waals surface area contributed by atoms with Crippen LogP contribution in [0.3, 0.4) is 0 Å². The van der Waals surface area contributed by atoms with E-state index in [9.17, 15) is 18.0 Å². The lowest BCUT2D eigenvalue weighted by Gasteiger charge is -2.36. The minimum Gasteiger partial charge on any atom is -0.350 e. The normalized spacial score (nSPS) is 12.6. The molecular formula is C31H40N4O4S. The molecule has 0 spiro atoms. The molecule has 214 valence electrons. The number of nitrogens with zero attached hydrogens (tertiary/aromatic N) is 3. The summed E-state index contributed by atoms with van der Waals surface area (Å²) in [4.78, 5) is 29.5. The molecule has 0 aliphatic carbocycles. The van der Waals surface area contributed by atoms with Crippen molar-refractivity contribution in [3.8, 4) is 0 Å². The van der Waals surface area contributed by atoms with Crippen LogP contribution in [-0.4, -0.2) is 61.7 Å². The van der Waals surface area contributed by atoms with Crippen molar-refractivity contribution in [1.29, 1.82) is 0 Å². The molecule has 0 aliphatic heterocycles. The van der Waals surface area contributed by atoms with Crippen LogP contribution >= 0.6 is 0 Å². The second-order valence-electron chi connectivity index (χ2n) is 11.0. The Kier molecular flexibility index (Phi) is 10.1. The van der Waals surface area contributed by atoms with E-state index < -0.39 is 34.2 Å². The van der Waals surface area contributed by atoms with E-state index in [2.05, 4.69) is 5.32 Å². The second kappa shape index (κ2) is 13.1. The Morgan fingerprint density at radius 2 is 1.40 bits per heavy atom. The van der Waals surface area contributed by atoms with Gasteiger partial charge >= 0.3 is 10.2 Å². The first kappa shape index (κ1) is 30.8. The molecular weight excluding hydrogens is 524 g/mol. The summed E-state index contributed by atoms with van der Waals surface area (Å²) in [5.41, 5.74) is 2.56. The van der Waals surface area contributed by atoms with E-state index in [1.807, 2.05) is 82.3 Å². The maximum Gasteiger partial charge on any atom is 0.304 e. The van der Waals surface area contributed by atoms with Crippen LogP contribution in [0.1, 0.15) is 37.5 Å². The zero-order valence-electron chi connectivity index (χ0n) is 24.2. The van der Waals surface area contributed by atoms with Crippen molar-refractivity contribution >= 4 is 27.7 Å². The Labute approximate surface area is 238 Å². The molecule has 3 rings (SSSR count). The van der Waals surface area contributed by atoms with Crippen LogP contribution in [0.5, 0.6) is 0 Å². The van der Waals surface area contributed by atoms with Crippen LogP contribution in [0.15, 0.2) is 84.9 Å². The first-order valence-corrected chi connectivity index (χ1v) is 14.6. The van der Waals surface area contributed by atoms with Crippen LogP contribution in [0.2, 0.25) is 0 Å². The van der Waals surface area contributed by atoms with Crippen molar-refractivity contribution in [1.82, 2.24) is 14.5 Å². The lowest BCUT2D eigenvalue weighted by atomic mass is 10.00. The van der Waals surface area contributed by atoms with Crippen molar-refractivity contribution in [2.75, 3.05) is 24.9 Å². The lowest BCUT2D eigenvalue weighted by molar-refractivity contribution is -0.140. The van der Waals surface area contributed by atoms with Gasteiger partial charge in [-0.1, -0.05) is 72.8 Å². The van der Waals surface area contributed by atoms with E-state index >= 15 is 0 Å². The van der Waals surface area contributed by atoms with Gasteiger partial charge < -0.3 is 10.2 Å². The summed E-state index contributed by atoms with van der Waals surface area (Å²) in [6.45, 7) is 7.29. The van der Waals surface area contributed by atoms with Gasteiger partial charge in [0.2, 0.25) is 11.8 Å². The zero-order chi connectivity index (χ0) is 29.5. The quantitative estimate of drug-likeness (QED) is 0.379. The number of carbonyl (C=O) groups excluding carboxylic acids is 2. The number of para-hydroxylation sites is 1. The van der Waals surface area contributed by atoms with E-state index in [1.165, 1.54) is 19.0 Å². The van der Waals surface area contributed by atoms with Gasteiger partial charge in [0.15, 0.2) is 0 Å². The van der Waals surface area contributed by atoms with Gasteiger partial charge in [-0.3, -0.25) is 9.59 Å². The molecule has 0 saturated carbocycles. The smallest absolute Gasteiger partial charge is 0.304 e. The lowest BCUT2D eigenvalue weighted by Crippen LogP contribution is -2.56. The van der Waals surface area contributed by atoms with E-state index in [0.717, 1.165) is 25.3 Å². The highest BCUT2D eigenvalue weighted by Gasteiger charge is 2.35. The molecule has 8 nitrogen and oxygen atoms in total. The van der Waals surface area contributed by atoms with E-state index in [4.69, 9.17) is 0 Å². The highest BCUT2D eigenvalue weighted by molar-refractivity contribution is 7.90. The van der Waals surface area contributed by atoms with Crippen molar-refractivity contribution in [2.24, 2.45) is 0 Å². The molecule has 0 bridgehead atoms. The fourth-order valence-corrected chi connectivity index (χ4v) is 5.34. The average Bonchev–Trinajstić information content (AvgIpc) is 2.90. The van der Waals surface area contributed by atoms with Crippen LogP contribution in [-0.2, 0) is 32.8 Å². The molecule has 0 unspecified atom stereocenters. The molecule has 9 heteroatoms. The van der Waals surface area contributed by atoms with Gasteiger partial charge in [-0.05, 0) is 56.5 Å². The topological polar surface area (TPSA) is 90.0 Å². The summed E-state index contributed by atoms with van der Waals surface area (Å²) in [6.07, 6.45) is 0.270. The number of anilines is 1. The largest absolute Gasteiger partial charge is 0.350 e. The number of amides is 2. The summed E-state index contributed by atoms with van der Waals surface area (Å²) in [5, 5.41) is 3.04. The summed E-state index contributed by atoms with van der Waals surface area (Å²) in [5.74, 6) is -0.789. The Bertz CT molecular complexity index is 1390. The van der Waals surface area contributed by atoms with E-state index in [0.29, 0.717) is 5.69 Å². The molecule has 2 amide bonds. The fourth-order valence-electron chi connectivity index (χ4n) is 4.29. The number of hydrogen-bond acceptors (Lipinski definition) is 4. The molecule has 1 N–H and O–H groups in total. The zero-order valence-corrected chi connectivity index (χ0v) is 25.0. The predicted octanol–water partition coefficient (Wildman–Crippen LogP) is 4.16. The van der Waals surface area contributed by atoms with Gasteiger partial charge in [0.1, 0.15) is 12.6 Å². The Morgan fingerprint density at radius 3 is 1.95 bits per heavy atom. The summed E-state index contributed by atoms with van der Waals surface area (Å²) >= 11 is 0. The van der Waals surface area contributed by atoms with Crippen molar-refractivity contribution < 1.29 is 18.0 Å². The molecule has 0 aliphatic rings. The van der Waals surface area contributed by atoms with Gasteiger partial charge in [0.05, 0.1) is 5.69 Å². The van der Waals surface area contributed by atoms with E-state index in [-0.39, 0.29) is 18.9 Å². The third-order valence-corrected chi connectivity index (χ3v) is 8.25. The molecule has 3 aromatic rings. The van der Waals surface area contributed by atoms with Crippen LogP contribution in [0.25, 0.3) is 0 Å². The minimum atomic E-state index is -4.02. The minimum absolute atomic E-state index is 0.144. The van der Waals surface area contributed by atoms with Gasteiger partial charge in [-0.25, -0.2) is 4.31 Å². The molecule has 3 aromatic carbocycles. The average molecular weight is 565 g/mol. The SMILES string of the molecule is Cc1ccccc1CN(C(=O)CN(c1ccccc1)S(=O)(=O)N(C)C)[C@H](Cc1ccccc1)C(=O)NC(C)(C)C. The van der Waals surface area contributed by atoms with E-state index in [1.54, 1.807) is 30.3 Å². The number of hydrogen-bond donors (Lipinski definition) is 1. The number of rotatable bonds is 11. The van der Waals surface area contributed by atoms with Crippen LogP contribution < -0.4 is 9.62 Å². The first-order valence-electron chi connectivity index (χ1n) is 13.2. The Morgan fingerprint density at radius 1 is 0.850 bits per heavy atom. The summed E-state index contributed by atoms with van der Waals surface area (Å²) < 4.78 is 28.9. The van der Waals surface area contributed by atoms with Crippen LogP contribution in [0, 0.1) is 6.92 Å². The molecule has 0 heterocycles. The highest BCUT2D eigenvalue weighted by Crippen LogP contribution is 2.22. The third kappa shape index (κ3) is 8.16. The third-order valence-electron chi connectivity index (χ3n) is 6.43. The Balaban J connectivity index is 2.11. The van der Waals surface area contributed by atoms with Gasteiger partial charge in [0.25, 0.3) is 0 Å². The van der Waals surface area contributed by atoms with Gasteiger partial charge in [-0.15, -0.1) is 0 Å². The standard InChI is InChI=1S/C31H40N4O4S/c1-24-15-13-14-18-26(24)22-34(28(30(37)32-31(2,3)4)21-25-16-9-7-10-17-25)29(36)23-35(40(38,39)33(5)6)27-19-11-8-12-20-27/h7-20,28H,21-23H2,1-6H3,(H,32,37)/t28-/m1/s1. The van der Waals surface area contributed by atoms with Gasteiger partial charge in [0, 0.05) is 32.6 Å². The summed E-state index contributed by atoms with van der Waals surface area (Å²) in [6, 6.07) is 24.8. The first-order chi connectivity index (χ1) is 18.8. The van der Waals surface area contributed by atoms with Crippen molar-refractivity contribution in [3.05, 3.63) is 102 Å².